The number of rotatable bonds is 6. The lowest BCUT2D eigenvalue weighted by Crippen LogP contribution is -2.23. The predicted octanol–water partition coefficient (Wildman–Crippen LogP) is 2.44. The van der Waals surface area contributed by atoms with Crippen LogP contribution in [-0.2, 0) is 4.79 Å². The number of hydrogen-bond donors (Lipinski definition) is 1. The molecule has 0 spiro atoms. The zero-order chi connectivity index (χ0) is 14.5. The fourth-order valence-electron chi connectivity index (χ4n) is 2.06. The number of carboxylic acids is 1. The molecule has 0 saturated heterocycles. The van der Waals surface area contributed by atoms with E-state index in [-0.39, 0.29) is 0 Å². The number of aliphatic carboxylic acids is 1. The van der Waals surface area contributed by atoms with E-state index in [4.69, 9.17) is 5.11 Å². The van der Waals surface area contributed by atoms with E-state index in [9.17, 15) is 4.79 Å². The van der Waals surface area contributed by atoms with Crippen molar-refractivity contribution in [2.24, 2.45) is 0 Å². The van der Waals surface area contributed by atoms with Crippen LogP contribution in [0.3, 0.4) is 0 Å². The second-order valence-electron chi connectivity index (χ2n) is 4.25. The summed E-state index contributed by atoms with van der Waals surface area (Å²) in [7, 11) is 0. The molecule has 0 aromatic carbocycles. The average molecular weight is 271 g/mol. The van der Waals surface area contributed by atoms with Crippen molar-refractivity contribution in [1.82, 2.24) is 9.38 Å². The average Bonchev–Trinajstić information content (AvgIpc) is 2.81. The lowest BCUT2D eigenvalue weighted by atomic mass is 10.3. The highest BCUT2D eigenvalue weighted by atomic mass is 16.4. The number of hydrogen-bond acceptors (Lipinski definition) is 3. The first-order valence-corrected chi connectivity index (χ1v) is 6.41. The normalized spacial score (nSPS) is 11.1. The van der Waals surface area contributed by atoms with Gasteiger partial charge in [0, 0.05) is 25.4 Å². The third-order valence-electron chi connectivity index (χ3n) is 2.96. The van der Waals surface area contributed by atoms with Gasteiger partial charge >= 0.3 is 5.97 Å². The zero-order valence-corrected chi connectivity index (χ0v) is 11.4. The molecule has 0 radical (unpaired) electrons. The van der Waals surface area contributed by atoms with Gasteiger partial charge in [-0.2, -0.15) is 0 Å². The molecule has 0 amide bonds. The quantitative estimate of drug-likeness (QED) is 0.647. The lowest BCUT2D eigenvalue weighted by Gasteiger charge is -2.19. The van der Waals surface area contributed by atoms with Gasteiger partial charge in [0.2, 0.25) is 0 Å². The molecule has 2 aromatic rings. The maximum atomic E-state index is 10.8. The van der Waals surface area contributed by atoms with E-state index in [1.54, 1.807) is 12.2 Å². The molecule has 2 rings (SSSR count). The molecule has 0 aliphatic heterocycles. The van der Waals surface area contributed by atoms with E-state index in [1.165, 1.54) is 0 Å². The third kappa shape index (κ3) is 2.71. The Morgan fingerprint density at radius 3 is 3.00 bits per heavy atom. The summed E-state index contributed by atoms with van der Waals surface area (Å²) in [5, 5.41) is 8.83. The van der Waals surface area contributed by atoms with Crippen LogP contribution in [0.25, 0.3) is 11.7 Å². The molecule has 0 aliphatic carbocycles. The summed E-state index contributed by atoms with van der Waals surface area (Å²) < 4.78 is 1.88. The summed E-state index contributed by atoms with van der Waals surface area (Å²) in [6.45, 7) is 7.20. The molecule has 0 fully saturated rings. The van der Waals surface area contributed by atoms with Crippen LogP contribution in [-0.4, -0.2) is 33.6 Å². The molecule has 5 heteroatoms. The standard InChI is InChI=1S/C15H17N3O2/c1-3-10-17(4-2)15-12(8-9-14(19)20)18-11-6-5-7-13(18)16-15/h3,5-9,11H,1,4,10H2,2H3,(H,19,20)/b9-8+. The molecule has 20 heavy (non-hydrogen) atoms. The number of nitrogens with zero attached hydrogens (tertiary/aromatic N) is 3. The predicted molar refractivity (Wildman–Crippen MR) is 79.9 cm³/mol. The summed E-state index contributed by atoms with van der Waals surface area (Å²) in [5.74, 6) is -0.218. The van der Waals surface area contributed by atoms with Crippen LogP contribution in [0.15, 0.2) is 43.1 Å². The number of imidazole rings is 1. The van der Waals surface area contributed by atoms with Gasteiger partial charge in [-0.1, -0.05) is 12.1 Å². The van der Waals surface area contributed by atoms with Crippen molar-refractivity contribution in [2.75, 3.05) is 18.0 Å². The van der Waals surface area contributed by atoms with Crippen molar-refractivity contribution >= 4 is 23.5 Å². The van der Waals surface area contributed by atoms with Crippen LogP contribution >= 0.6 is 0 Å². The molecule has 0 aliphatic rings. The molecular formula is C15H17N3O2. The first kappa shape index (κ1) is 13.9. The van der Waals surface area contributed by atoms with Crippen molar-refractivity contribution in [2.45, 2.75) is 6.92 Å². The van der Waals surface area contributed by atoms with E-state index in [0.29, 0.717) is 6.54 Å². The molecule has 2 aromatic heterocycles. The number of carboxylic acid groups (broad SMARTS) is 1. The Labute approximate surface area is 117 Å². The second kappa shape index (κ2) is 6.06. The van der Waals surface area contributed by atoms with Crippen LogP contribution in [0.1, 0.15) is 12.6 Å². The summed E-state index contributed by atoms with van der Waals surface area (Å²) in [5.41, 5.74) is 1.54. The van der Waals surface area contributed by atoms with E-state index in [1.807, 2.05) is 40.6 Å². The van der Waals surface area contributed by atoms with Gasteiger partial charge in [0.25, 0.3) is 0 Å². The molecule has 0 saturated carbocycles. The Balaban J connectivity index is 2.59. The Hall–Kier alpha value is -2.56. The Morgan fingerprint density at radius 1 is 1.55 bits per heavy atom. The van der Waals surface area contributed by atoms with E-state index < -0.39 is 5.97 Å². The SMILES string of the molecule is C=CCN(CC)c1nc2ccccn2c1/C=C/C(=O)O. The lowest BCUT2D eigenvalue weighted by molar-refractivity contribution is -0.131. The van der Waals surface area contributed by atoms with Crippen molar-refractivity contribution in [3.63, 3.8) is 0 Å². The van der Waals surface area contributed by atoms with E-state index in [0.717, 1.165) is 29.8 Å². The van der Waals surface area contributed by atoms with Gasteiger partial charge in [-0.25, -0.2) is 9.78 Å². The van der Waals surface area contributed by atoms with Crippen molar-refractivity contribution in [1.29, 1.82) is 0 Å². The molecule has 0 atom stereocenters. The van der Waals surface area contributed by atoms with Crippen LogP contribution < -0.4 is 4.90 Å². The minimum Gasteiger partial charge on any atom is -0.478 e. The number of aromatic nitrogens is 2. The minimum absolute atomic E-state index is 0.661. The van der Waals surface area contributed by atoms with Gasteiger partial charge in [0.1, 0.15) is 5.65 Å². The Bertz CT molecular complexity index is 658. The van der Waals surface area contributed by atoms with Crippen molar-refractivity contribution in [3.05, 3.63) is 48.8 Å². The number of carbonyl (C=O) groups is 1. The molecule has 5 nitrogen and oxygen atoms in total. The molecule has 0 bridgehead atoms. The van der Waals surface area contributed by atoms with Crippen LogP contribution in [0.4, 0.5) is 5.82 Å². The topological polar surface area (TPSA) is 57.8 Å². The summed E-state index contributed by atoms with van der Waals surface area (Å²) >= 11 is 0. The first-order chi connectivity index (χ1) is 9.67. The van der Waals surface area contributed by atoms with Gasteiger partial charge in [0.15, 0.2) is 5.82 Å². The van der Waals surface area contributed by atoms with Gasteiger partial charge in [0.05, 0.1) is 5.69 Å². The van der Waals surface area contributed by atoms with Gasteiger partial charge in [-0.15, -0.1) is 6.58 Å². The Morgan fingerprint density at radius 2 is 2.35 bits per heavy atom. The fourth-order valence-corrected chi connectivity index (χ4v) is 2.06. The number of pyridine rings is 1. The maximum absolute atomic E-state index is 10.8. The van der Waals surface area contributed by atoms with Crippen LogP contribution in [0.5, 0.6) is 0 Å². The molecular weight excluding hydrogens is 254 g/mol. The van der Waals surface area contributed by atoms with Crippen LogP contribution in [0.2, 0.25) is 0 Å². The number of anilines is 1. The van der Waals surface area contributed by atoms with Crippen LogP contribution in [0, 0.1) is 0 Å². The van der Waals surface area contributed by atoms with Gasteiger partial charge in [-0.3, -0.25) is 4.40 Å². The highest BCUT2D eigenvalue weighted by molar-refractivity contribution is 5.86. The fraction of sp³-hybridized carbons (Fsp3) is 0.200. The monoisotopic (exact) mass is 271 g/mol. The van der Waals surface area contributed by atoms with Crippen molar-refractivity contribution in [3.8, 4) is 0 Å². The minimum atomic E-state index is -0.978. The first-order valence-electron chi connectivity index (χ1n) is 6.41. The maximum Gasteiger partial charge on any atom is 0.328 e. The largest absolute Gasteiger partial charge is 0.478 e. The Kier molecular flexibility index (Phi) is 4.20. The third-order valence-corrected chi connectivity index (χ3v) is 2.96. The van der Waals surface area contributed by atoms with E-state index >= 15 is 0 Å². The summed E-state index contributed by atoms with van der Waals surface area (Å²) in [6.07, 6.45) is 6.37. The van der Waals surface area contributed by atoms with Gasteiger partial charge in [-0.05, 0) is 25.1 Å². The van der Waals surface area contributed by atoms with Crippen molar-refractivity contribution < 1.29 is 9.90 Å². The number of fused-ring (bicyclic) bond motifs is 1. The van der Waals surface area contributed by atoms with Gasteiger partial charge < -0.3 is 10.0 Å². The molecule has 0 unspecified atom stereocenters. The second-order valence-corrected chi connectivity index (χ2v) is 4.25. The highest BCUT2D eigenvalue weighted by Gasteiger charge is 2.14. The molecule has 104 valence electrons. The zero-order valence-electron chi connectivity index (χ0n) is 11.4. The van der Waals surface area contributed by atoms with E-state index in [2.05, 4.69) is 11.6 Å². The smallest absolute Gasteiger partial charge is 0.328 e. The summed E-state index contributed by atoms with van der Waals surface area (Å²) in [6, 6.07) is 5.68. The summed E-state index contributed by atoms with van der Waals surface area (Å²) in [4.78, 5) is 17.4. The number of likely N-dealkylation sites (N-methyl/N-ethyl adjacent to an activating group) is 1. The molecule has 2 heterocycles. The highest BCUT2D eigenvalue weighted by Crippen LogP contribution is 2.23. The molecule has 1 N–H and O–H groups in total.